The Bertz CT molecular complexity index is 613. The van der Waals surface area contributed by atoms with Gasteiger partial charge in [0.1, 0.15) is 17.2 Å². The summed E-state index contributed by atoms with van der Waals surface area (Å²) in [5.74, 6) is 1.57. The molecule has 0 saturated heterocycles. The van der Waals surface area contributed by atoms with E-state index in [0.29, 0.717) is 24.0 Å². The van der Waals surface area contributed by atoms with Gasteiger partial charge in [0, 0.05) is 11.4 Å². The summed E-state index contributed by atoms with van der Waals surface area (Å²) in [4.78, 5) is 10.6. The second-order valence-electron chi connectivity index (χ2n) is 4.73. The Labute approximate surface area is 139 Å². The average molecular weight is 336 g/mol. The van der Waals surface area contributed by atoms with E-state index in [1.165, 1.54) is 0 Å². The molecule has 0 fully saturated rings. The van der Waals surface area contributed by atoms with Gasteiger partial charge in [-0.05, 0) is 48.5 Å². The van der Waals surface area contributed by atoms with Crippen LogP contribution in [0.25, 0.3) is 0 Å². The molecule has 0 heterocycles. The lowest BCUT2D eigenvalue weighted by Crippen LogP contribution is -2.19. The molecule has 0 atom stereocenters. The normalized spacial score (nSPS) is 10.1. The van der Waals surface area contributed by atoms with Crippen LogP contribution in [-0.4, -0.2) is 25.7 Å². The maximum atomic E-state index is 10.6. The van der Waals surface area contributed by atoms with Crippen molar-refractivity contribution in [1.82, 2.24) is 0 Å². The molecular weight excluding hydrogens is 318 g/mol. The summed E-state index contributed by atoms with van der Waals surface area (Å²) < 4.78 is 16.3. The van der Waals surface area contributed by atoms with Gasteiger partial charge in [0.05, 0.1) is 13.2 Å². The molecule has 2 aromatic rings. The van der Waals surface area contributed by atoms with Gasteiger partial charge in [-0.3, -0.25) is 4.79 Å². The van der Waals surface area contributed by atoms with E-state index in [4.69, 9.17) is 31.5 Å². The Kier molecular flexibility index (Phi) is 6.56. The predicted molar refractivity (Wildman–Crippen MR) is 88.2 cm³/mol. The molecule has 1 amide bonds. The number of nitrogens with two attached hydrogens (primary N) is 1. The molecule has 2 N–H and O–H groups in total. The summed E-state index contributed by atoms with van der Waals surface area (Å²) in [6.07, 6.45) is 0.753. The van der Waals surface area contributed by atoms with Crippen molar-refractivity contribution in [3.05, 3.63) is 53.6 Å². The van der Waals surface area contributed by atoms with E-state index < -0.39 is 5.91 Å². The van der Waals surface area contributed by atoms with E-state index in [9.17, 15) is 4.79 Å². The molecule has 0 aliphatic heterocycles. The van der Waals surface area contributed by atoms with Gasteiger partial charge in [-0.2, -0.15) is 0 Å². The minimum Gasteiger partial charge on any atom is -0.493 e. The van der Waals surface area contributed by atoms with Crippen molar-refractivity contribution in [3.63, 3.8) is 0 Å². The van der Waals surface area contributed by atoms with Crippen LogP contribution < -0.4 is 19.9 Å². The molecule has 0 aromatic heterocycles. The second-order valence-corrected chi connectivity index (χ2v) is 5.17. The van der Waals surface area contributed by atoms with Crippen molar-refractivity contribution >= 4 is 17.5 Å². The summed E-state index contributed by atoms with van der Waals surface area (Å²) in [6, 6.07) is 14.2. The van der Waals surface area contributed by atoms with Gasteiger partial charge >= 0.3 is 0 Å². The van der Waals surface area contributed by atoms with E-state index in [1.54, 1.807) is 36.4 Å². The SMILES string of the molecule is NC(=O)COc1ccc(OCCCOc2ccc(Cl)cc2)cc1. The molecular formula is C17H18ClNO4. The highest BCUT2D eigenvalue weighted by molar-refractivity contribution is 6.30. The Morgan fingerprint density at radius 3 is 1.74 bits per heavy atom. The molecule has 6 heteroatoms. The summed E-state index contributed by atoms with van der Waals surface area (Å²) in [6.45, 7) is 0.957. The van der Waals surface area contributed by atoms with Crippen LogP contribution in [0.4, 0.5) is 0 Å². The van der Waals surface area contributed by atoms with Crippen LogP contribution in [0.15, 0.2) is 48.5 Å². The molecule has 0 spiro atoms. The van der Waals surface area contributed by atoms with Crippen LogP contribution >= 0.6 is 11.6 Å². The number of primary amides is 1. The molecule has 0 aliphatic carbocycles. The van der Waals surface area contributed by atoms with Crippen LogP contribution in [0, 0.1) is 0 Å². The van der Waals surface area contributed by atoms with E-state index >= 15 is 0 Å². The molecule has 0 saturated carbocycles. The van der Waals surface area contributed by atoms with Gasteiger partial charge < -0.3 is 19.9 Å². The van der Waals surface area contributed by atoms with Crippen molar-refractivity contribution in [2.75, 3.05) is 19.8 Å². The number of amides is 1. The summed E-state index contributed by atoms with van der Waals surface area (Å²) in [5, 5.41) is 0.684. The van der Waals surface area contributed by atoms with E-state index in [2.05, 4.69) is 0 Å². The first kappa shape index (κ1) is 17.0. The van der Waals surface area contributed by atoms with Crippen molar-refractivity contribution < 1.29 is 19.0 Å². The largest absolute Gasteiger partial charge is 0.493 e. The van der Waals surface area contributed by atoms with Gasteiger partial charge in [-0.25, -0.2) is 0 Å². The molecule has 0 bridgehead atoms. The third kappa shape index (κ3) is 6.48. The highest BCUT2D eigenvalue weighted by Crippen LogP contribution is 2.18. The van der Waals surface area contributed by atoms with Gasteiger partial charge in [0.25, 0.3) is 5.91 Å². The number of hydrogen-bond donors (Lipinski definition) is 1. The third-order valence-corrected chi connectivity index (χ3v) is 3.10. The lowest BCUT2D eigenvalue weighted by atomic mass is 10.3. The fraction of sp³-hybridized carbons (Fsp3) is 0.235. The van der Waals surface area contributed by atoms with Gasteiger partial charge in [-0.1, -0.05) is 11.6 Å². The number of ether oxygens (including phenoxy) is 3. The van der Waals surface area contributed by atoms with Crippen LogP contribution in [-0.2, 0) is 4.79 Å². The van der Waals surface area contributed by atoms with Gasteiger partial charge in [0.2, 0.25) is 0 Å². The molecule has 122 valence electrons. The van der Waals surface area contributed by atoms with E-state index in [0.717, 1.165) is 17.9 Å². The number of halogens is 1. The number of rotatable bonds is 9. The minimum atomic E-state index is -0.508. The number of carbonyl (C=O) groups excluding carboxylic acids is 1. The first-order chi connectivity index (χ1) is 11.1. The topological polar surface area (TPSA) is 70.8 Å². The molecule has 2 rings (SSSR count). The fourth-order valence-electron chi connectivity index (χ4n) is 1.76. The zero-order valence-corrected chi connectivity index (χ0v) is 13.3. The Hall–Kier alpha value is -2.40. The van der Waals surface area contributed by atoms with Crippen molar-refractivity contribution in [2.24, 2.45) is 5.73 Å². The molecule has 23 heavy (non-hydrogen) atoms. The first-order valence-corrected chi connectivity index (χ1v) is 7.53. The van der Waals surface area contributed by atoms with Crippen molar-refractivity contribution in [3.8, 4) is 17.2 Å². The maximum absolute atomic E-state index is 10.6. The van der Waals surface area contributed by atoms with Crippen LogP contribution in [0.5, 0.6) is 17.2 Å². The fourth-order valence-corrected chi connectivity index (χ4v) is 1.88. The monoisotopic (exact) mass is 335 g/mol. The zero-order valence-electron chi connectivity index (χ0n) is 12.5. The van der Waals surface area contributed by atoms with Crippen molar-refractivity contribution in [2.45, 2.75) is 6.42 Å². The second kappa shape index (κ2) is 8.90. The van der Waals surface area contributed by atoms with Gasteiger partial charge in [-0.15, -0.1) is 0 Å². The Morgan fingerprint density at radius 1 is 0.826 bits per heavy atom. The molecule has 0 radical (unpaired) electrons. The number of hydrogen-bond acceptors (Lipinski definition) is 4. The molecule has 5 nitrogen and oxygen atoms in total. The highest BCUT2D eigenvalue weighted by atomic mass is 35.5. The quantitative estimate of drug-likeness (QED) is 0.715. The van der Waals surface area contributed by atoms with Crippen LogP contribution in [0.1, 0.15) is 6.42 Å². The van der Waals surface area contributed by atoms with E-state index in [-0.39, 0.29) is 6.61 Å². The first-order valence-electron chi connectivity index (χ1n) is 7.16. The molecule has 0 unspecified atom stereocenters. The molecule has 2 aromatic carbocycles. The predicted octanol–water partition coefficient (Wildman–Crippen LogP) is 3.05. The Morgan fingerprint density at radius 2 is 1.26 bits per heavy atom. The van der Waals surface area contributed by atoms with Crippen molar-refractivity contribution in [1.29, 1.82) is 0 Å². The highest BCUT2D eigenvalue weighted by Gasteiger charge is 1.99. The third-order valence-electron chi connectivity index (χ3n) is 2.84. The molecule has 0 aliphatic rings. The lowest BCUT2D eigenvalue weighted by molar-refractivity contribution is -0.119. The summed E-state index contributed by atoms with van der Waals surface area (Å²) in [7, 11) is 0. The average Bonchev–Trinajstić information content (AvgIpc) is 2.55. The van der Waals surface area contributed by atoms with E-state index in [1.807, 2.05) is 12.1 Å². The standard InChI is InChI=1S/C17H18ClNO4/c18-13-2-4-14(5-3-13)21-10-1-11-22-15-6-8-16(9-7-15)23-12-17(19)20/h2-9H,1,10-12H2,(H2,19,20). The number of benzene rings is 2. The Balaban J connectivity index is 1.64. The zero-order chi connectivity index (χ0) is 16.5. The van der Waals surface area contributed by atoms with Gasteiger partial charge in [0.15, 0.2) is 6.61 Å². The minimum absolute atomic E-state index is 0.137. The summed E-state index contributed by atoms with van der Waals surface area (Å²) >= 11 is 5.80. The lowest BCUT2D eigenvalue weighted by Gasteiger charge is -2.09. The maximum Gasteiger partial charge on any atom is 0.255 e. The number of carbonyl (C=O) groups is 1. The summed E-state index contributed by atoms with van der Waals surface area (Å²) in [5.41, 5.74) is 5.01. The smallest absolute Gasteiger partial charge is 0.255 e. The van der Waals surface area contributed by atoms with Crippen LogP contribution in [0.3, 0.4) is 0 Å². The van der Waals surface area contributed by atoms with Crippen LogP contribution in [0.2, 0.25) is 5.02 Å².